The molecular formula is C55H86O24. The zero-order valence-corrected chi connectivity index (χ0v) is 46.4. The Morgan fingerprint density at radius 2 is 1.24 bits per heavy atom. The predicted octanol–water partition coefficient (Wildman–Crippen LogP) is -1.32. The van der Waals surface area contributed by atoms with Crippen molar-refractivity contribution in [2.75, 3.05) is 26.4 Å². The summed E-state index contributed by atoms with van der Waals surface area (Å²) in [5.41, 5.74) is -3.78. The minimum atomic E-state index is -2.18. The summed E-state index contributed by atoms with van der Waals surface area (Å²) in [7, 11) is 0. The number of rotatable bonds is 14. The number of allylic oxidation sites excluding steroid dienone is 3. The van der Waals surface area contributed by atoms with Gasteiger partial charge in [-0.2, -0.15) is 0 Å². The fraction of sp³-hybridized carbons (Fsp3) is 0.873. The van der Waals surface area contributed by atoms with E-state index < -0.39 is 199 Å². The first-order chi connectivity index (χ1) is 36.9. The van der Waals surface area contributed by atoms with Gasteiger partial charge in [-0.3, -0.25) is 4.79 Å². The molecule has 5 aliphatic carbocycles. The van der Waals surface area contributed by atoms with Crippen LogP contribution in [0, 0.1) is 50.2 Å². The van der Waals surface area contributed by atoms with Crippen LogP contribution in [0.15, 0.2) is 23.3 Å². The topological polar surface area (TPSA) is 388 Å². The largest absolute Gasteiger partial charge is 0.479 e. The van der Waals surface area contributed by atoms with Crippen LogP contribution < -0.4 is 0 Å². The van der Waals surface area contributed by atoms with E-state index in [2.05, 4.69) is 26.8 Å². The smallest absolute Gasteiger partial charge is 0.335 e. The third-order valence-corrected chi connectivity index (χ3v) is 21.1. The van der Waals surface area contributed by atoms with Crippen molar-refractivity contribution in [1.29, 1.82) is 0 Å². The highest BCUT2D eigenvalue weighted by atomic mass is 16.8. The van der Waals surface area contributed by atoms with Gasteiger partial charge in [0.25, 0.3) is 0 Å². The molecule has 0 aromatic heterocycles. The Morgan fingerprint density at radius 3 is 1.76 bits per heavy atom. The SMILES string of the molecule is CC=C(C)C(=O)OC1C(OC(C)=O)[C@]2(CO)C(O)C[C@]3(C)C(=CCC4[C@@]5(C)CCC(OC6OC(C(=O)O)C(OC7OC(CO)C(O)C(O)C7O)C(O)C6OC6OC(CO)C(O)C(O)C6O)[C@](C)(CO)C5CC[C@]43C)C2CC1(C)C. The number of aliphatic hydroxyl groups is 12. The summed E-state index contributed by atoms with van der Waals surface area (Å²) in [5.74, 6) is -3.88. The van der Waals surface area contributed by atoms with Crippen molar-refractivity contribution in [1.82, 2.24) is 0 Å². The molecule has 3 heterocycles. The van der Waals surface area contributed by atoms with E-state index in [1.807, 2.05) is 20.8 Å². The highest BCUT2D eigenvalue weighted by Crippen LogP contribution is 2.76. The Labute approximate surface area is 459 Å². The molecule has 0 amide bonds. The average Bonchev–Trinajstić information content (AvgIpc) is 3.29. The molecule has 24 nitrogen and oxygen atoms in total. The maximum Gasteiger partial charge on any atom is 0.335 e. The maximum absolute atomic E-state index is 13.4. The third-order valence-electron chi connectivity index (χ3n) is 21.1. The third kappa shape index (κ3) is 9.94. The van der Waals surface area contributed by atoms with Crippen molar-refractivity contribution < 1.29 is 119 Å². The number of esters is 2. The lowest BCUT2D eigenvalue weighted by atomic mass is 9.33. The molecule has 3 saturated heterocycles. The lowest BCUT2D eigenvalue weighted by Gasteiger charge is -2.72. The number of hydrogen-bond acceptors (Lipinski definition) is 23. The molecule has 8 aliphatic rings. The van der Waals surface area contributed by atoms with Crippen LogP contribution in [0.4, 0.5) is 0 Å². The number of hydrogen-bond donors (Lipinski definition) is 13. The lowest BCUT2D eigenvalue weighted by molar-refractivity contribution is -0.392. The van der Waals surface area contributed by atoms with Crippen molar-refractivity contribution in [3.8, 4) is 0 Å². The van der Waals surface area contributed by atoms with Crippen molar-refractivity contribution in [2.45, 2.75) is 224 Å². The number of aliphatic carboxylic acids is 1. The van der Waals surface area contributed by atoms with Crippen molar-refractivity contribution in [3.05, 3.63) is 23.3 Å². The fourth-order valence-corrected chi connectivity index (χ4v) is 16.2. The molecule has 8 rings (SSSR count). The number of fused-ring (bicyclic) bond motifs is 7. The van der Waals surface area contributed by atoms with Gasteiger partial charge in [0.2, 0.25) is 0 Å². The van der Waals surface area contributed by atoms with Crippen LogP contribution in [0.5, 0.6) is 0 Å². The van der Waals surface area contributed by atoms with E-state index in [0.29, 0.717) is 37.7 Å². The number of carboxylic acid groups (broad SMARTS) is 1. The van der Waals surface area contributed by atoms with Crippen molar-refractivity contribution in [2.24, 2.45) is 50.2 Å². The molecule has 0 spiro atoms. The van der Waals surface area contributed by atoms with Gasteiger partial charge in [0.15, 0.2) is 25.0 Å². The highest BCUT2D eigenvalue weighted by molar-refractivity contribution is 5.87. The Kier molecular flexibility index (Phi) is 17.8. The maximum atomic E-state index is 13.4. The average molecular weight is 1130 g/mol. The second-order valence-corrected chi connectivity index (χ2v) is 25.5. The molecule has 7 fully saturated rings. The van der Waals surface area contributed by atoms with Crippen LogP contribution in [-0.2, 0) is 52.3 Å². The van der Waals surface area contributed by atoms with Crippen LogP contribution in [0.1, 0.15) is 107 Å². The summed E-state index contributed by atoms with van der Waals surface area (Å²) < 4.78 is 48.2. The molecule has 79 heavy (non-hydrogen) atoms. The highest BCUT2D eigenvalue weighted by Gasteiger charge is 2.74. The van der Waals surface area contributed by atoms with E-state index in [1.54, 1.807) is 19.9 Å². The zero-order valence-electron chi connectivity index (χ0n) is 46.4. The molecule has 3 aliphatic heterocycles. The van der Waals surface area contributed by atoms with Crippen molar-refractivity contribution >= 4 is 17.9 Å². The second kappa shape index (κ2) is 22.6. The standard InChI is InChI=1S/C55H86O24/c1-10-23(2)46(71)79-43-44(72-24(3)60)55(22-59)26(17-50(43,4)5)25-11-12-30-51(6)15-14-32(52(7,21-58)29(51)13-16-53(30,8)54(25,9)18-31(55)61)75-49-41(77-48-38(67)36(65)34(63)28(20-57)74-48)39(68)40(42(78-49)45(69)70)76-47-37(66)35(64)33(62)27(19-56)73-47/h10-11,26-44,47-49,56-59,61-68H,12-22H2,1-9H3,(H,69,70)/t26?,27?,28?,29?,30?,31?,32?,33?,34?,35?,36?,37?,38?,39?,40?,41?,42?,43?,44?,47?,48?,49?,51-,52+,53+,54+,55-/m0/s1. The van der Waals surface area contributed by atoms with E-state index >= 15 is 0 Å². The van der Waals surface area contributed by atoms with Gasteiger partial charge in [0, 0.05) is 23.3 Å². The van der Waals surface area contributed by atoms with E-state index in [-0.39, 0.29) is 24.7 Å². The molecule has 13 N–H and O–H groups in total. The summed E-state index contributed by atoms with van der Waals surface area (Å²) in [4.78, 5) is 39.5. The summed E-state index contributed by atoms with van der Waals surface area (Å²) in [6.07, 6.45) is -26.5. The van der Waals surface area contributed by atoms with Gasteiger partial charge >= 0.3 is 17.9 Å². The van der Waals surface area contributed by atoms with E-state index in [9.17, 15) is 80.8 Å². The van der Waals surface area contributed by atoms with Crippen LogP contribution in [-0.4, -0.2) is 227 Å². The molecule has 0 aromatic rings. The quantitative estimate of drug-likeness (QED) is 0.0415. The van der Waals surface area contributed by atoms with Gasteiger partial charge in [-0.1, -0.05) is 59.3 Å². The molecule has 450 valence electrons. The molecule has 27 atom stereocenters. The minimum Gasteiger partial charge on any atom is -0.479 e. The van der Waals surface area contributed by atoms with Gasteiger partial charge < -0.3 is 104 Å². The fourth-order valence-electron chi connectivity index (χ4n) is 16.2. The van der Waals surface area contributed by atoms with Crippen LogP contribution >= 0.6 is 0 Å². The first kappa shape index (κ1) is 62.2. The van der Waals surface area contributed by atoms with Gasteiger partial charge in [-0.05, 0) is 92.8 Å². The van der Waals surface area contributed by atoms with Gasteiger partial charge in [0.05, 0.1) is 44.1 Å². The first-order valence-electron chi connectivity index (χ1n) is 27.7. The molecule has 22 unspecified atom stereocenters. The van der Waals surface area contributed by atoms with Gasteiger partial charge in [0.1, 0.15) is 79.4 Å². The first-order valence-corrected chi connectivity index (χ1v) is 27.7. The Morgan fingerprint density at radius 1 is 0.658 bits per heavy atom. The van der Waals surface area contributed by atoms with Crippen molar-refractivity contribution in [3.63, 3.8) is 0 Å². The Hall–Kier alpha value is -2.83. The summed E-state index contributed by atoms with van der Waals surface area (Å²) in [6.45, 7) is 14.1. The monoisotopic (exact) mass is 1130 g/mol. The van der Waals surface area contributed by atoms with Gasteiger partial charge in [-0.15, -0.1) is 0 Å². The molecule has 4 saturated carbocycles. The Bertz CT molecular complexity index is 2290. The molecule has 0 bridgehead atoms. The summed E-state index contributed by atoms with van der Waals surface area (Å²) in [5, 5.41) is 143. The molecule has 24 heteroatoms. The molecule has 0 radical (unpaired) electrons. The molecule has 0 aromatic carbocycles. The minimum absolute atomic E-state index is 0.0849. The predicted molar refractivity (Wildman–Crippen MR) is 269 cm³/mol. The number of ether oxygens (including phenoxy) is 8. The summed E-state index contributed by atoms with van der Waals surface area (Å²) >= 11 is 0. The normalized spacial score (nSPS) is 50.6. The van der Waals surface area contributed by atoms with Crippen LogP contribution in [0.2, 0.25) is 0 Å². The number of carboxylic acids is 1. The van der Waals surface area contributed by atoms with Crippen LogP contribution in [0.25, 0.3) is 0 Å². The number of aliphatic hydroxyl groups excluding tert-OH is 12. The van der Waals surface area contributed by atoms with E-state index in [1.165, 1.54) is 6.92 Å². The van der Waals surface area contributed by atoms with Crippen LogP contribution in [0.3, 0.4) is 0 Å². The second-order valence-electron chi connectivity index (χ2n) is 25.5. The number of carbonyl (C=O) groups excluding carboxylic acids is 2. The molecular weight excluding hydrogens is 1040 g/mol. The van der Waals surface area contributed by atoms with Gasteiger partial charge in [-0.25, -0.2) is 9.59 Å². The number of carbonyl (C=O) groups is 3. The van der Waals surface area contributed by atoms with E-state index in [0.717, 1.165) is 5.57 Å². The lowest BCUT2D eigenvalue weighted by Crippen LogP contribution is -2.72. The Balaban J connectivity index is 1.12. The zero-order chi connectivity index (χ0) is 58.4. The van der Waals surface area contributed by atoms with E-state index in [4.69, 9.17) is 37.9 Å². The summed E-state index contributed by atoms with van der Waals surface area (Å²) in [6, 6.07) is 0.